The molecule has 1 aromatic heterocycles. The SMILES string of the molecule is Cc1c(C(=O)N2CCC(N3CCNCC3)C2)cnn1-c1ccc(F)cc1.Cl. The van der Waals surface area contributed by atoms with Crippen LogP contribution in [0.4, 0.5) is 4.39 Å². The third-order valence-corrected chi connectivity index (χ3v) is 5.43. The number of hydrogen-bond donors (Lipinski definition) is 1. The normalized spacial score (nSPS) is 20.5. The molecule has 2 fully saturated rings. The van der Waals surface area contributed by atoms with Crippen molar-refractivity contribution >= 4 is 18.3 Å². The van der Waals surface area contributed by atoms with Crippen LogP contribution in [0.3, 0.4) is 0 Å². The van der Waals surface area contributed by atoms with E-state index in [1.165, 1.54) is 12.1 Å². The highest BCUT2D eigenvalue weighted by Crippen LogP contribution is 2.21. The fourth-order valence-corrected chi connectivity index (χ4v) is 3.90. The van der Waals surface area contributed by atoms with Crippen molar-refractivity contribution in [3.05, 3.63) is 47.5 Å². The van der Waals surface area contributed by atoms with Crippen LogP contribution in [0.2, 0.25) is 0 Å². The smallest absolute Gasteiger partial charge is 0.257 e. The zero-order valence-electron chi connectivity index (χ0n) is 15.4. The second kappa shape index (κ2) is 8.37. The molecule has 2 saturated heterocycles. The Bertz CT molecular complexity index is 788. The molecule has 27 heavy (non-hydrogen) atoms. The molecule has 1 N–H and O–H groups in total. The summed E-state index contributed by atoms with van der Waals surface area (Å²) >= 11 is 0. The third kappa shape index (κ3) is 4.00. The first kappa shape index (κ1) is 19.8. The molecule has 1 unspecified atom stereocenters. The van der Waals surface area contributed by atoms with Gasteiger partial charge in [-0.3, -0.25) is 9.69 Å². The van der Waals surface area contributed by atoms with E-state index in [0.29, 0.717) is 11.6 Å². The maximum absolute atomic E-state index is 13.1. The summed E-state index contributed by atoms with van der Waals surface area (Å²) in [5, 5.41) is 7.72. The number of aromatic nitrogens is 2. The highest BCUT2D eigenvalue weighted by molar-refractivity contribution is 5.95. The van der Waals surface area contributed by atoms with Crippen molar-refractivity contribution in [3.8, 4) is 5.69 Å². The van der Waals surface area contributed by atoms with E-state index in [1.54, 1.807) is 23.0 Å². The quantitative estimate of drug-likeness (QED) is 0.864. The van der Waals surface area contributed by atoms with E-state index in [4.69, 9.17) is 0 Å². The molecule has 3 heterocycles. The van der Waals surface area contributed by atoms with Gasteiger partial charge in [0.05, 0.1) is 23.1 Å². The first-order valence-electron chi connectivity index (χ1n) is 9.18. The number of likely N-dealkylation sites (tertiary alicyclic amines) is 1. The molecule has 2 aliphatic heterocycles. The van der Waals surface area contributed by atoms with E-state index in [9.17, 15) is 9.18 Å². The Morgan fingerprint density at radius 3 is 2.59 bits per heavy atom. The van der Waals surface area contributed by atoms with Gasteiger partial charge in [0, 0.05) is 45.3 Å². The summed E-state index contributed by atoms with van der Waals surface area (Å²) in [6, 6.07) is 6.58. The average Bonchev–Trinajstić information content (AvgIpc) is 3.30. The highest BCUT2D eigenvalue weighted by Gasteiger charge is 2.32. The van der Waals surface area contributed by atoms with Crippen molar-refractivity contribution in [2.45, 2.75) is 19.4 Å². The number of carbonyl (C=O) groups excluding carboxylic acids is 1. The average molecular weight is 394 g/mol. The minimum absolute atomic E-state index is 0. The molecule has 1 atom stereocenters. The molecule has 4 rings (SSSR count). The molecule has 2 aromatic rings. The third-order valence-electron chi connectivity index (χ3n) is 5.43. The standard InChI is InChI=1S/C19H24FN5O.ClH/c1-14-18(12-22-25(14)16-4-2-15(20)3-5-16)19(26)24-9-6-17(13-24)23-10-7-21-8-11-23;/h2-5,12,17,21H,6-11,13H2,1H3;1H. The molecule has 8 heteroatoms. The molecule has 146 valence electrons. The lowest BCUT2D eigenvalue weighted by atomic mass is 10.2. The Hall–Kier alpha value is -1.96. The minimum Gasteiger partial charge on any atom is -0.337 e. The molecular weight excluding hydrogens is 369 g/mol. The van der Waals surface area contributed by atoms with Gasteiger partial charge >= 0.3 is 0 Å². The summed E-state index contributed by atoms with van der Waals surface area (Å²) in [5.74, 6) is -0.251. The largest absolute Gasteiger partial charge is 0.337 e. The Morgan fingerprint density at radius 1 is 1.19 bits per heavy atom. The summed E-state index contributed by atoms with van der Waals surface area (Å²) < 4.78 is 14.8. The maximum Gasteiger partial charge on any atom is 0.257 e. The van der Waals surface area contributed by atoms with Crippen molar-refractivity contribution in [2.24, 2.45) is 0 Å². The van der Waals surface area contributed by atoms with Gasteiger partial charge in [0.15, 0.2) is 0 Å². The number of nitrogens with zero attached hydrogens (tertiary/aromatic N) is 4. The molecular formula is C19H25ClFN5O. The fraction of sp³-hybridized carbons (Fsp3) is 0.474. The van der Waals surface area contributed by atoms with E-state index < -0.39 is 0 Å². The summed E-state index contributed by atoms with van der Waals surface area (Å²) in [6.07, 6.45) is 2.65. The van der Waals surface area contributed by atoms with Gasteiger partial charge in [-0.1, -0.05) is 0 Å². The minimum atomic E-state index is -0.286. The van der Waals surface area contributed by atoms with Crippen LogP contribution in [-0.2, 0) is 0 Å². The van der Waals surface area contributed by atoms with Crippen molar-refractivity contribution < 1.29 is 9.18 Å². The summed E-state index contributed by atoms with van der Waals surface area (Å²) in [5.41, 5.74) is 2.16. The van der Waals surface area contributed by atoms with Gasteiger partial charge in [-0.05, 0) is 37.6 Å². The van der Waals surface area contributed by atoms with Crippen molar-refractivity contribution in [1.29, 1.82) is 0 Å². The van der Waals surface area contributed by atoms with Gasteiger partial charge in [0.25, 0.3) is 5.91 Å². The maximum atomic E-state index is 13.1. The van der Waals surface area contributed by atoms with Gasteiger partial charge in [-0.15, -0.1) is 12.4 Å². The molecule has 0 saturated carbocycles. The van der Waals surface area contributed by atoms with Crippen molar-refractivity contribution in [2.75, 3.05) is 39.3 Å². The molecule has 0 spiro atoms. The molecule has 0 aliphatic carbocycles. The van der Waals surface area contributed by atoms with Crippen LogP contribution >= 0.6 is 12.4 Å². The monoisotopic (exact) mass is 393 g/mol. The van der Waals surface area contributed by atoms with E-state index in [0.717, 1.165) is 57.1 Å². The van der Waals surface area contributed by atoms with Crippen LogP contribution in [0.5, 0.6) is 0 Å². The van der Waals surface area contributed by atoms with Crippen LogP contribution in [-0.4, -0.2) is 70.8 Å². The highest BCUT2D eigenvalue weighted by atomic mass is 35.5. The lowest BCUT2D eigenvalue weighted by molar-refractivity contribution is 0.0772. The lowest BCUT2D eigenvalue weighted by Crippen LogP contribution is -2.49. The van der Waals surface area contributed by atoms with E-state index in [2.05, 4.69) is 15.3 Å². The van der Waals surface area contributed by atoms with Gasteiger partial charge in [0.2, 0.25) is 0 Å². The van der Waals surface area contributed by atoms with Gasteiger partial charge in [-0.2, -0.15) is 5.10 Å². The summed E-state index contributed by atoms with van der Waals surface area (Å²) in [7, 11) is 0. The van der Waals surface area contributed by atoms with Crippen LogP contribution in [0, 0.1) is 12.7 Å². The zero-order chi connectivity index (χ0) is 18.1. The predicted molar refractivity (Wildman–Crippen MR) is 104 cm³/mol. The number of amides is 1. The van der Waals surface area contributed by atoms with Gasteiger partial charge < -0.3 is 10.2 Å². The van der Waals surface area contributed by atoms with Crippen LogP contribution in [0.1, 0.15) is 22.5 Å². The Balaban J connectivity index is 0.00000210. The topological polar surface area (TPSA) is 53.4 Å². The second-order valence-corrected chi connectivity index (χ2v) is 7.01. The second-order valence-electron chi connectivity index (χ2n) is 7.01. The lowest BCUT2D eigenvalue weighted by Gasteiger charge is -2.32. The fourth-order valence-electron chi connectivity index (χ4n) is 3.90. The molecule has 2 aliphatic rings. The summed E-state index contributed by atoms with van der Waals surface area (Å²) in [4.78, 5) is 17.4. The Kier molecular flexibility index (Phi) is 6.14. The van der Waals surface area contributed by atoms with Gasteiger partial charge in [-0.25, -0.2) is 9.07 Å². The molecule has 1 amide bonds. The van der Waals surface area contributed by atoms with E-state index in [-0.39, 0.29) is 24.1 Å². The molecule has 1 aromatic carbocycles. The van der Waals surface area contributed by atoms with E-state index in [1.807, 2.05) is 11.8 Å². The van der Waals surface area contributed by atoms with Crippen LogP contribution in [0.25, 0.3) is 5.69 Å². The summed E-state index contributed by atoms with van der Waals surface area (Å²) in [6.45, 7) is 7.59. The van der Waals surface area contributed by atoms with Crippen LogP contribution in [0.15, 0.2) is 30.5 Å². The van der Waals surface area contributed by atoms with E-state index >= 15 is 0 Å². The number of nitrogens with one attached hydrogen (secondary N) is 1. The van der Waals surface area contributed by atoms with Crippen molar-refractivity contribution in [3.63, 3.8) is 0 Å². The number of hydrogen-bond acceptors (Lipinski definition) is 4. The Morgan fingerprint density at radius 2 is 1.89 bits per heavy atom. The predicted octanol–water partition coefficient (Wildman–Crippen LogP) is 1.86. The zero-order valence-corrected chi connectivity index (χ0v) is 16.2. The first-order valence-corrected chi connectivity index (χ1v) is 9.18. The number of piperazine rings is 1. The number of rotatable bonds is 3. The number of benzene rings is 1. The van der Waals surface area contributed by atoms with Crippen molar-refractivity contribution in [1.82, 2.24) is 24.9 Å². The van der Waals surface area contributed by atoms with Gasteiger partial charge in [0.1, 0.15) is 5.82 Å². The molecule has 0 bridgehead atoms. The number of carbonyl (C=O) groups is 1. The Labute approximate surface area is 164 Å². The molecule has 6 nitrogen and oxygen atoms in total. The molecule has 0 radical (unpaired) electrons. The first-order chi connectivity index (χ1) is 12.6. The van der Waals surface area contributed by atoms with Crippen LogP contribution < -0.4 is 5.32 Å². The number of halogens is 2.